The zero-order chi connectivity index (χ0) is 29.4. The van der Waals surface area contributed by atoms with Crippen LogP contribution in [0.4, 0.5) is 5.69 Å². The van der Waals surface area contributed by atoms with Gasteiger partial charge in [-0.2, -0.15) is 0 Å². The van der Waals surface area contributed by atoms with Crippen molar-refractivity contribution in [2.45, 2.75) is 66.1 Å². The van der Waals surface area contributed by atoms with E-state index in [1.165, 1.54) is 4.90 Å². The van der Waals surface area contributed by atoms with Crippen molar-refractivity contribution in [3.05, 3.63) is 101 Å². The predicted octanol–water partition coefficient (Wildman–Crippen LogP) is 4.93. The van der Waals surface area contributed by atoms with E-state index in [4.69, 9.17) is 0 Å². The number of carbonyl (C=O) groups is 2. The number of carbonyl (C=O) groups excluding carboxylic acids is 2. The normalized spacial score (nSPS) is 12.8. The third-order valence-electron chi connectivity index (χ3n) is 7.05. The van der Waals surface area contributed by atoms with Gasteiger partial charge in [-0.25, -0.2) is 8.42 Å². The molecular formula is C32H41N3O4S. The van der Waals surface area contributed by atoms with E-state index in [9.17, 15) is 18.0 Å². The quantitative estimate of drug-likeness (QED) is 0.339. The molecule has 2 atom stereocenters. The lowest BCUT2D eigenvalue weighted by Crippen LogP contribution is -2.54. The van der Waals surface area contributed by atoms with Crippen molar-refractivity contribution in [1.82, 2.24) is 10.2 Å². The summed E-state index contributed by atoms with van der Waals surface area (Å²) >= 11 is 0. The lowest BCUT2D eigenvalue weighted by atomic mass is 10.0. The van der Waals surface area contributed by atoms with Crippen LogP contribution in [0.15, 0.2) is 72.8 Å². The highest BCUT2D eigenvalue weighted by atomic mass is 32.2. The largest absolute Gasteiger partial charge is 0.352 e. The van der Waals surface area contributed by atoms with Gasteiger partial charge in [0.15, 0.2) is 0 Å². The zero-order valence-electron chi connectivity index (χ0n) is 24.3. The summed E-state index contributed by atoms with van der Waals surface area (Å²) in [7, 11) is -3.80. The Morgan fingerprint density at radius 2 is 1.50 bits per heavy atom. The number of amides is 2. The topological polar surface area (TPSA) is 86.8 Å². The van der Waals surface area contributed by atoms with Crippen molar-refractivity contribution in [3.63, 3.8) is 0 Å². The van der Waals surface area contributed by atoms with Gasteiger partial charge in [-0.05, 0) is 74.1 Å². The number of hydrogen-bond acceptors (Lipinski definition) is 4. The number of nitrogens with one attached hydrogen (secondary N) is 1. The molecule has 7 nitrogen and oxygen atoms in total. The molecule has 0 aliphatic rings. The molecule has 0 radical (unpaired) electrons. The molecule has 3 rings (SSSR count). The molecule has 0 unspecified atom stereocenters. The predicted molar refractivity (Wildman–Crippen MR) is 162 cm³/mol. The first-order chi connectivity index (χ1) is 18.9. The second kappa shape index (κ2) is 13.6. The minimum Gasteiger partial charge on any atom is -0.352 e. The number of benzene rings is 3. The Morgan fingerprint density at radius 3 is 2.08 bits per heavy atom. The molecule has 0 saturated heterocycles. The molecule has 0 aliphatic carbocycles. The summed E-state index contributed by atoms with van der Waals surface area (Å²) in [4.78, 5) is 29.5. The van der Waals surface area contributed by atoms with E-state index < -0.39 is 28.5 Å². The molecule has 0 bridgehead atoms. The maximum absolute atomic E-state index is 14.2. The number of hydrogen-bond donors (Lipinski definition) is 1. The molecule has 214 valence electrons. The van der Waals surface area contributed by atoms with Crippen LogP contribution in [0, 0.1) is 20.8 Å². The number of anilines is 1. The van der Waals surface area contributed by atoms with E-state index in [0.29, 0.717) is 12.1 Å². The zero-order valence-corrected chi connectivity index (χ0v) is 25.2. The molecule has 0 fully saturated rings. The molecule has 0 saturated carbocycles. The highest BCUT2D eigenvalue weighted by Crippen LogP contribution is 2.23. The second-order valence-electron chi connectivity index (χ2n) is 10.6. The highest BCUT2D eigenvalue weighted by Gasteiger charge is 2.33. The van der Waals surface area contributed by atoms with Crippen LogP contribution in [0.1, 0.15) is 48.1 Å². The van der Waals surface area contributed by atoms with Crippen LogP contribution in [-0.4, -0.2) is 50.0 Å². The van der Waals surface area contributed by atoms with Crippen molar-refractivity contribution >= 4 is 27.5 Å². The van der Waals surface area contributed by atoms with Gasteiger partial charge in [-0.1, -0.05) is 67.6 Å². The van der Waals surface area contributed by atoms with Crippen molar-refractivity contribution in [2.24, 2.45) is 0 Å². The van der Waals surface area contributed by atoms with Crippen LogP contribution in [-0.2, 0) is 32.6 Å². The van der Waals surface area contributed by atoms with Gasteiger partial charge in [-0.15, -0.1) is 0 Å². The van der Waals surface area contributed by atoms with Crippen molar-refractivity contribution in [2.75, 3.05) is 17.1 Å². The van der Waals surface area contributed by atoms with E-state index >= 15 is 0 Å². The Labute approximate surface area is 239 Å². The van der Waals surface area contributed by atoms with Crippen molar-refractivity contribution in [1.29, 1.82) is 0 Å². The van der Waals surface area contributed by atoms with E-state index in [-0.39, 0.29) is 18.5 Å². The van der Waals surface area contributed by atoms with Gasteiger partial charge in [-0.3, -0.25) is 13.9 Å². The van der Waals surface area contributed by atoms with E-state index in [0.717, 1.165) is 44.8 Å². The lowest BCUT2D eigenvalue weighted by Gasteiger charge is -2.34. The van der Waals surface area contributed by atoms with Gasteiger partial charge in [0.05, 0.1) is 11.9 Å². The van der Waals surface area contributed by atoms with Gasteiger partial charge in [0.25, 0.3) is 0 Å². The Balaban J connectivity index is 2.09. The van der Waals surface area contributed by atoms with Gasteiger partial charge in [0, 0.05) is 19.0 Å². The molecular weight excluding hydrogens is 522 g/mol. The van der Waals surface area contributed by atoms with Gasteiger partial charge in [0.2, 0.25) is 21.8 Å². The molecule has 3 aromatic carbocycles. The first-order valence-electron chi connectivity index (χ1n) is 13.6. The van der Waals surface area contributed by atoms with Gasteiger partial charge in [0.1, 0.15) is 12.6 Å². The number of aryl methyl sites for hydroxylation is 3. The molecule has 0 heterocycles. The van der Waals surface area contributed by atoms with Crippen LogP contribution in [0.3, 0.4) is 0 Å². The summed E-state index contributed by atoms with van der Waals surface area (Å²) in [5, 5.41) is 3.05. The minimum atomic E-state index is -3.80. The first kappa shape index (κ1) is 30.9. The van der Waals surface area contributed by atoms with Gasteiger partial charge < -0.3 is 10.2 Å². The Bertz CT molecular complexity index is 1400. The smallest absolute Gasteiger partial charge is 0.244 e. The van der Waals surface area contributed by atoms with Crippen molar-refractivity contribution < 1.29 is 18.0 Å². The molecule has 0 aliphatic heterocycles. The average Bonchev–Trinajstić information content (AvgIpc) is 2.89. The van der Waals surface area contributed by atoms with Crippen LogP contribution < -0.4 is 9.62 Å². The highest BCUT2D eigenvalue weighted by molar-refractivity contribution is 7.92. The van der Waals surface area contributed by atoms with Crippen molar-refractivity contribution in [3.8, 4) is 0 Å². The Morgan fingerprint density at radius 1 is 0.900 bits per heavy atom. The summed E-state index contributed by atoms with van der Waals surface area (Å²) in [5.74, 6) is -0.717. The Hall–Kier alpha value is -3.65. The number of rotatable bonds is 12. The van der Waals surface area contributed by atoms with E-state index in [2.05, 4.69) is 5.32 Å². The maximum atomic E-state index is 14.2. The number of sulfonamides is 1. The Kier molecular flexibility index (Phi) is 10.5. The van der Waals surface area contributed by atoms with Crippen LogP contribution >= 0.6 is 0 Å². The number of nitrogens with zero attached hydrogens (tertiary/aromatic N) is 2. The molecule has 0 spiro atoms. The lowest BCUT2D eigenvalue weighted by molar-refractivity contribution is -0.140. The molecule has 8 heteroatoms. The molecule has 0 aromatic heterocycles. The summed E-state index contributed by atoms with van der Waals surface area (Å²) < 4.78 is 27.1. The third-order valence-corrected chi connectivity index (χ3v) is 8.19. The molecule has 3 aromatic rings. The minimum absolute atomic E-state index is 0.0797. The monoisotopic (exact) mass is 563 g/mol. The maximum Gasteiger partial charge on any atom is 0.244 e. The van der Waals surface area contributed by atoms with Crippen LogP contribution in [0.25, 0.3) is 0 Å². The van der Waals surface area contributed by atoms with Gasteiger partial charge >= 0.3 is 0 Å². The fraction of sp³-hybridized carbons (Fsp3) is 0.375. The van der Waals surface area contributed by atoms with E-state index in [1.807, 2.05) is 95.3 Å². The second-order valence-corrected chi connectivity index (χ2v) is 12.5. The average molecular weight is 564 g/mol. The van der Waals surface area contributed by atoms with E-state index in [1.54, 1.807) is 12.1 Å². The standard InChI is InChI=1S/C32H41N3O4S/c1-7-26(5)33-32(37)30(20-27-14-9-8-10-15-27)34(21-28-16-12-11-13-25(28)4)31(36)22-35(40(6,38)39)29-18-23(2)17-24(3)19-29/h8-19,26,30H,7,20-22H2,1-6H3,(H,33,37)/t26-,30+/m1/s1. The summed E-state index contributed by atoms with van der Waals surface area (Å²) in [6.07, 6.45) is 2.13. The fourth-order valence-electron chi connectivity index (χ4n) is 4.67. The molecule has 40 heavy (non-hydrogen) atoms. The van der Waals surface area contributed by atoms with Crippen LogP contribution in [0.5, 0.6) is 0 Å². The summed E-state index contributed by atoms with van der Waals surface area (Å²) in [6, 6.07) is 21.8. The summed E-state index contributed by atoms with van der Waals surface area (Å²) in [5.41, 5.74) is 4.99. The fourth-order valence-corrected chi connectivity index (χ4v) is 5.51. The third kappa shape index (κ3) is 8.42. The SMILES string of the molecule is CC[C@@H](C)NC(=O)[C@H](Cc1ccccc1)N(Cc1ccccc1C)C(=O)CN(c1cc(C)cc(C)c1)S(C)(=O)=O. The summed E-state index contributed by atoms with van der Waals surface area (Å²) in [6.45, 7) is 9.40. The molecule has 1 N–H and O–H groups in total. The first-order valence-corrected chi connectivity index (χ1v) is 15.5. The van der Waals surface area contributed by atoms with Crippen LogP contribution in [0.2, 0.25) is 0 Å². The molecule has 2 amide bonds.